The van der Waals surface area contributed by atoms with E-state index in [9.17, 15) is 13.2 Å². The first kappa shape index (κ1) is 21.8. The van der Waals surface area contributed by atoms with Gasteiger partial charge in [0, 0.05) is 38.8 Å². The molecule has 28 heavy (non-hydrogen) atoms. The van der Waals surface area contributed by atoms with Crippen molar-refractivity contribution in [3.8, 4) is 11.5 Å². The van der Waals surface area contributed by atoms with Gasteiger partial charge in [0.15, 0.2) is 0 Å². The largest absolute Gasteiger partial charge is 0.495 e. The van der Waals surface area contributed by atoms with Gasteiger partial charge in [0.25, 0.3) is 5.91 Å². The normalized spacial score (nSPS) is 11.2. The van der Waals surface area contributed by atoms with E-state index in [4.69, 9.17) is 21.1 Å². The zero-order valence-electron chi connectivity index (χ0n) is 16.2. The van der Waals surface area contributed by atoms with Crippen LogP contribution in [0, 0.1) is 0 Å². The number of amides is 1. The maximum Gasteiger partial charge on any atom is 0.303 e. The van der Waals surface area contributed by atoms with E-state index in [1.807, 2.05) is 0 Å². The van der Waals surface area contributed by atoms with Crippen molar-refractivity contribution < 1.29 is 22.7 Å². The highest BCUT2D eigenvalue weighted by molar-refractivity contribution is 7.90. The van der Waals surface area contributed by atoms with Crippen molar-refractivity contribution in [2.24, 2.45) is 0 Å². The fourth-order valence-corrected chi connectivity index (χ4v) is 3.46. The van der Waals surface area contributed by atoms with Gasteiger partial charge in [0.1, 0.15) is 11.5 Å². The predicted molar refractivity (Wildman–Crippen MR) is 110 cm³/mol. The molecule has 0 heterocycles. The van der Waals surface area contributed by atoms with Crippen LogP contribution < -0.4 is 19.1 Å². The molecule has 0 unspecified atom stereocenters. The lowest BCUT2D eigenvalue weighted by Crippen LogP contribution is -2.37. The number of nitrogens with one attached hydrogen (secondary N) is 1. The molecule has 0 fully saturated rings. The quantitative estimate of drug-likeness (QED) is 0.734. The molecular formula is C18H22ClN3O5S. The van der Waals surface area contributed by atoms with E-state index in [2.05, 4.69) is 5.32 Å². The van der Waals surface area contributed by atoms with Crippen LogP contribution in [-0.4, -0.2) is 54.0 Å². The van der Waals surface area contributed by atoms with Crippen LogP contribution >= 0.6 is 11.6 Å². The van der Waals surface area contributed by atoms with Crippen LogP contribution in [0.5, 0.6) is 11.5 Å². The number of anilines is 2. The van der Waals surface area contributed by atoms with E-state index in [0.717, 1.165) is 8.61 Å². The zero-order chi connectivity index (χ0) is 21.1. The molecule has 1 amide bonds. The molecule has 0 aliphatic heterocycles. The summed E-state index contributed by atoms with van der Waals surface area (Å²) in [7, 11) is 3.65. The third-order valence-corrected chi connectivity index (χ3v) is 6.14. The number of hydrogen-bond acceptors (Lipinski definition) is 5. The average molecular weight is 428 g/mol. The Balaban J connectivity index is 2.25. The van der Waals surface area contributed by atoms with Crippen LogP contribution in [0.15, 0.2) is 36.4 Å². The molecule has 2 rings (SSSR count). The molecule has 0 atom stereocenters. The van der Waals surface area contributed by atoms with E-state index < -0.39 is 16.1 Å². The average Bonchev–Trinajstić information content (AvgIpc) is 2.68. The van der Waals surface area contributed by atoms with Gasteiger partial charge in [-0.2, -0.15) is 12.7 Å². The molecule has 8 nitrogen and oxygen atoms in total. The third kappa shape index (κ3) is 4.49. The molecule has 10 heteroatoms. The van der Waals surface area contributed by atoms with Crippen molar-refractivity contribution in [1.29, 1.82) is 0 Å². The van der Waals surface area contributed by atoms with Gasteiger partial charge in [-0.15, -0.1) is 0 Å². The third-order valence-electron chi connectivity index (χ3n) is 4.02. The van der Waals surface area contributed by atoms with E-state index in [1.165, 1.54) is 47.5 Å². The number of carbonyl (C=O) groups excluding carboxylic acids is 1. The standard InChI is InChI=1S/C18H22ClN3O5S/c1-21(2)28(24,25)22(3)13-8-6-12(7-9-13)18(23)20-15-11-16(26-4)14(19)10-17(15)27-5/h6-11H,1-5H3,(H,20,23). The van der Waals surface area contributed by atoms with Crippen molar-refractivity contribution in [3.63, 3.8) is 0 Å². The number of nitrogens with zero attached hydrogens (tertiary/aromatic N) is 2. The Labute approximate surface area is 169 Å². The lowest BCUT2D eigenvalue weighted by Gasteiger charge is -2.23. The first-order chi connectivity index (χ1) is 13.1. The van der Waals surface area contributed by atoms with Crippen molar-refractivity contribution in [2.75, 3.05) is 45.0 Å². The van der Waals surface area contributed by atoms with Crippen molar-refractivity contribution >= 4 is 39.1 Å². The maximum absolute atomic E-state index is 12.6. The minimum atomic E-state index is -3.61. The molecule has 0 bridgehead atoms. The summed E-state index contributed by atoms with van der Waals surface area (Å²) in [5.74, 6) is 0.378. The minimum absolute atomic E-state index is 0.343. The summed E-state index contributed by atoms with van der Waals surface area (Å²) in [5.41, 5.74) is 1.16. The summed E-state index contributed by atoms with van der Waals surface area (Å²) in [6.45, 7) is 0. The number of rotatable bonds is 7. The Morgan fingerprint density at radius 3 is 2.07 bits per heavy atom. The fourth-order valence-electron chi connectivity index (χ4n) is 2.35. The fraction of sp³-hybridized carbons (Fsp3) is 0.278. The zero-order valence-corrected chi connectivity index (χ0v) is 17.8. The van der Waals surface area contributed by atoms with Crippen LogP contribution in [0.4, 0.5) is 11.4 Å². The highest BCUT2D eigenvalue weighted by Gasteiger charge is 2.21. The molecular weight excluding hydrogens is 406 g/mol. The van der Waals surface area contributed by atoms with Crippen LogP contribution in [0.2, 0.25) is 5.02 Å². The Kier molecular flexibility index (Phi) is 6.76. The highest BCUT2D eigenvalue weighted by atomic mass is 35.5. The summed E-state index contributed by atoms with van der Waals surface area (Å²) in [4.78, 5) is 12.6. The molecule has 0 aromatic heterocycles. The topological polar surface area (TPSA) is 88.2 Å². The van der Waals surface area contributed by atoms with Crippen molar-refractivity contribution in [2.45, 2.75) is 0 Å². The Morgan fingerprint density at radius 1 is 1.00 bits per heavy atom. The van der Waals surface area contributed by atoms with Gasteiger partial charge in [-0.25, -0.2) is 0 Å². The number of benzene rings is 2. The number of hydrogen-bond donors (Lipinski definition) is 1. The Morgan fingerprint density at radius 2 is 1.57 bits per heavy atom. The highest BCUT2D eigenvalue weighted by Crippen LogP contribution is 2.36. The molecule has 0 radical (unpaired) electrons. The number of carbonyl (C=O) groups is 1. The van der Waals surface area contributed by atoms with Crippen LogP contribution in [0.25, 0.3) is 0 Å². The van der Waals surface area contributed by atoms with Gasteiger partial charge < -0.3 is 14.8 Å². The van der Waals surface area contributed by atoms with E-state index in [0.29, 0.717) is 33.5 Å². The van der Waals surface area contributed by atoms with Crippen LogP contribution in [-0.2, 0) is 10.2 Å². The van der Waals surface area contributed by atoms with Gasteiger partial charge in [0.05, 0.1) is 30.6 Å². The van der Waals surface area contributed by atoms with E-state index in [1.54, 1.807) is 24.3 Å². The molecule has 0 aliphatic carbocycles. The second kappa shape index (κ2) is 8.68. The minimum Gasteiger partial charge on any atom is -0.495 e. The maximum atomic E-state index is 12.6. The molecule has 0 saturated carbocycles. The Hall–Kier alpha value is -2.49. The van der Waals surface area contributed by atoms with Gasteiger partial charge in [0.2, 0.25) is 0 Å². The van der Waals surface area contributed by atoms with Crippen molar-refractivity contribution in [1.82, 2.24) is 4.31 Å². The summed E-state index contributed by atoms with van der Waals surface area (Å²) in [5, 5.41) is 3.09. The number of methoxy groups -OCH3 is 2. The van der Waals surface area contributed by atoms with Crippen LogP contribution in [0.3, 0.4) is 0 Å². The molecule has 1 N–H and O–H groups in total. The second-order valence-electron chi connectivity index (χ2n) is 5.95. The Bertz CT molecular complexity index is 962. The molecule has 2 aromatic carbocycles. The first-order valence-corrected chi connectivity index (χ1v) is 9.88. The van der Waals surface area contributed by atoms with Gasteiger partial charge >= 0.3 is 10.2 Å². The first-order valence-electron chi connectivity index (χ1n) is 8.11. The smallest absolute Gasteiger partial charge is 0.303 e. The van der Waals surface area contributed by atoms with E-state index >= 15 is 0 Å². The SMILES string of the molecule is COc1cc(NC(=O)c2ccc(N(C)S(=O)(=O)N(C)C)cc2)c(OC)cc1Cl. The number of halogens is 1. The molecule has 152 valence electrons. The van der Waals surface area contributed by atoms with Crippen LogP contribution in [0.1, 0.15) is 10.4 Å². The van der Waals surface area contributed by atoms with Gasteiger partial charge in [-0.3, -0.25) is 9.10 Å². The van der Waals surface area contributed by atoms with E-state index in [-0.39, 0.29) is 0 Å². The summed E-state index contributed by atoms with van der Waals surface area (Å²) in [6.07, 6.45) is 0. The molecule has 0 saturated heterocycles. The van der Waals surface area contributed by atoms with Gasteiger partial charge in [-0.1, -0.05) is 11.6 Å². The second-order valence-corrected chi connectivity index (χ2v) is 8.53. The number of ether oxygens (including phenoxy) is 2. The molecule has 0 spiro atoms. The summed E-state index contributed by atoms with van der Waals surface area (Å²) >= 11 is 6.06. The monoisotopic (exact) mass is 427 g/mol. The van der Waals surface area contributed by atoms with Crippen molar-refractivity contribution in [3.05, 3.63) is 47.0 Å². The molecule has 0 aliphatic rings. The molecule has 2 aromatic rings. The summed E-state index contributed by atoms with van der Waals surface area (Å²) in [6, 6.07) is 9.27. The predicted octanol–water partition coefficient (Wildman–Crippen LogP) is 2.85. The van der Waals surface area contributed by atoms with Gasteiger partial charge in [-0.05, 0) is 24.3 Å². The lowest BCUT2D eigenvalue weighted by atomic mass is 10.2. The summed E-state index contributed by atoms with van der Waals surface area (Å²) < 4.78 is 37.0. The lowest BCUT2D eigenvalue weighted by molar-refractivity contribution is 0.102.